The Bertz CT molecular complexity index is 1130. The van der Waals surface area contributed by atoms with Crippen LogP contribution in [0.25, 0.3) is 21.3 Å². The Kier molecular flexibility index (Phi) is 3.49. The number of carbonyl (C=O) groups excluding carboxylic acids is 1. The molecule has 4 aromatic rings. The van der Waals surface area contributed by atoms with Crippen LogP contribution in [0, 0.1) is 5.82 Å². The zero-order chi connectivity index (χ0) is 17.7. The number of benzene rings is 2. The van der Waals surface area contributed by atoms with Gasteiger partial charge in [-0.15, -0.1) is 11.3 Å². The van der Waals surface area contributed by atoms with Crippen LogP contribution in [0.15, 0.2) is 41.9 Å². The van der Waals surface area contributed by atoms with Crippen molar-refractivity contribution in [2.45, 2.75) is 18.9 Å². The van der Waals surface area contributed by atoms with Crippen molar-refractivity contribution in [2.75, 3.05) is 6.54 Å². The van der Waals surface area contributed by atoms with E-state index in [1.807, 2.05) is 23.1 Å². The van der Waals surface area contributed by atoms with Gasteiger partial charge in [0.15, 0.2) is 0 Å². The Morgan fingerprint density at radius 3 is 3.04 bits per heavy atom. The number of hydrogen-bond acceptors (Lipinski definition) is 4. The zero-order valence-electron chi connectivity index (χ0n) is 13.8. The van der Waals surface area contributed by atoms with Crippen LogP contribution in [0.1, 0.15) is 35.1 Å². The van der Waals surface area contributed by atoms with Crippen LogP contribution in [0.5, 0.6) is 0 Å². The molecule has 130 valence electrons. The van der Waals surface area contributed by atoms with E-state index in [-0.39, 0.29) is 17.8 Å². The number of thiazole rings is 1. The minimum atomic E-state index is -0.301. The van der Waals surface area contributed by atoms with Crippen LogP contribution < -0.4 is 0 Å². The van der Waals surface area contributed by atoms with Crippen molar-refractivity contribution in [2.24, 2.45) is 0 Å². The number of fused-ring (bicyclic) bond motifs is 2. The van der Waals surface area contributed by atoms with Crippen LogP contribution in [-0.2, 0) is 0 Å². The predicted molar refractivity (Wildman–Crippen MR) is 98.7 cm³/mol. The molecule has 2 aromatic carbocycles. The molecule has 0 unspecified atom stereocenters. The van der Waals surface area contributed by atoms with Crippen molar-refractivity contribution in [3.63, 3.8) is 0 Å². The molecule has 0 bridgehead atoms. The van der Waals surface area contributed by atoms with Gasteiger partial charge in [0.1, 0.15) is 11.6 Å². The number of likely N-dealkylation sites (tertiary alicyclic amines) is 1. The first-order valence-electron chi connectivity index (χ1n) is 8.48. The van der Waals surface area contributed by atoms with Crippen molar-refractivity contribution in [3.8, 4) is 0 Å². The van der Waals surface area contributed by atoms with Crippen molar-refractivity contribution in [1.82, 2.24) is 19.9 Å². The van der Waals surface area contributed by atoms with Crippen LogP contribution in [-0.4, -0.2) is 32.3 Å². The number of aromatic nitrogens is 3. The summed E-state index contributed by atoms with van der Waals surface area (Å²) in [5.74, 6) is 0.412. The lowest BCUT2D eigenvalue weighted by molar-refractivity contribution is 0.0731. The van der Waals surface area contributed by atoms with E-state index in [4.69, 9.17) is 0 Å². The van der Waals surface area contributed by atoms with E-state index in [0.717, 1.165) is 28.9 Å². The predicted octanol–water partition coefficient (Wildman–Crippen LogP) is 4.29. The molecule has 3 heterocycles. The lowest BCUT2D eigenvalue weighted by atomic mass is 10.1. The molecule has 5 nitrogen and oxygen atoms in total. The van der Waals surface area contributed by atoms with Gasteiger partial charge in [0.25, 0.3) is 5.91 Å². The van der Waals surface area contributed by atoms with E-state index in [2.05, 4.69) is 15.0 Å². The minimum absolute atomic E-state index is 0.00515. The highest BCUT2D eigenvalue weighted by atomic mass is 32.1. The number of aromatic amines is 1. The first kappa shape index (κ1) is 15.5. The average Bonchev–Trinajstić information content (AvgIpc) is 3.37. The molecule has 2 aromatic heterocycles. The summed E-state index contributed by atoms with van der Waals surface area (Å²) >= 11 is 1.53. The van der Waals surface area contributed by atoms with E-state index in [1.165, 1.54) is 23.5 Å². The van der Waals surface area contributed by atoms with E-state index in [9.17, 15) is 9.18 Å². The van der Waals surface area contributed by atoms with Gasteiger partial charge in [-0.05, 0) is 49.2 Å². The smallest absolute Gasteiger partial charge is 0.254 e. The van der Waals surface area contributed by atoms with Crippen molar-refractivity contribution < 1.29 is 9.18 Å². The summed E-state index contributed by atoms with van der Waals surface area (Å²) in [6.45, 7) is 0.690. The summed E-state index contributed by atoms with van der Waals surface area (Å²) in [5, 5.41) is 0. The molecule has 0 aliphatic carbocycles. The van der Waals surface area contributed by atoms with Gasteiger partial charge in [-0.1, -0.05) is 0 Å². The number of halogens is 1. The first-order chi connectivity index (χ1) is 12.7. The van der Waals surface area contributed by atoms with Crippen molar-refractivity contribution in [3.05, 3.63) is 59.1 Å². The molecule has 1 aliphatic heterocycles. The quantitative estimate of drug-likeness (QED) is 0.576. The van der Waals surface area contributed by atoms with Gasteiger partial charge in [0, 0.05) is 12.1 Å². The second kappa shape index (κ2) is 5.88. The Balaban J connectivity index is 1.49. The van der Waals surface area contributed by atoms with Crippen LogP contribution >= 0.6 is 11.3 Å². The SMILES string of the molecule is O=C(c1ccc2ncsc2c1)N1CCC[C@H]1c1nc2ccc(F)cc2[nH]1. The standard InChI is InChI=1S/C19H15FN4OS/c20-12-4-6-13-15(9-12)23-18(22-13)16-2-1-7-24(16)19(25)11-3-5-14-17(8-11)26-10-21-14/h3-6,8-10,16H,1-2,7H2,(H,22,23)/t16-/m0/s1. The van der Waals surface area contributed by atoms with Crippen molar-refractivity contribution in [1.29, 1.82) is 0 Å². The van der Waals surface area contributed by atoms with E-state index in [0.29, 0.717) is 23.1 Å². The molecule has 26 heavy (non-hydrogen) atoms. The number of nitrogens with one attached hydrogen (secondary N) is 1. The number of rotatable bonds is 2. The first-order valence-corrected chi connectivity index (χ1v) is 9.36. The molecule has 1 aliphatic rings. The second-order valence-corrected chi connectivity index (χ2v) is 7.36. The fourth-order valence-corrected chi connectivity index (χ4v) is 4.32. The monoisotopic (exact) mass is 366 g/mol. The summed E-state index contributed by atoms with van der Waals surface area (Å²) in [6.07, 6.45) is 1.77. The average molecular weight is 366 g/mol. The highest BCUT2D eigenvalue weighted by Crippen LogP contribution is 2.33. The molecule has 1 N–H and O–H groups in total. The number of imidazole rings is 1. The third kappa shape index (κ3) is 2.47. The lowest BCUT2D eigenvalue weighted by Gasteiger charge is -2.23. The molecule has 0 radical (unpaired) electrons. The second-order valence-electron chi connectivity index (χ2n) is 6.47. The number of nitrogens with zero attached hydrogens (tertiary/aromatic N) is 3. The van der Waals surface area contributed by atoms with E-state index < -0.39 is 0 Å². The maximum absolute atomic E-state index is 13.4. The molecule has 1 atom stereocenters. The Labute approximate surface area is 152 Å². The molecule has 1 fully saturated rings. The molecule has 5 rings (SSSR count). The maximum Gasteiger partial charge on any atom is 0.254 e. The molecular formula is C19H15FN4OS. The molecule has 1 amide bonds. The number of H-pyrrole nitrogens is 1. The zero-order valence-corrected chi connectivity index (χ0v) is 14.6. The summed E-state index contributed by atoms with van der Waals surface area (Å²) in [7, 11) is 0. The Morgan fingerprint density at radius 1 is 1.23 bits per heavy atom. The molecule has 0 spiro atoms. The van der Waals surface area contributed by atoms with E-state index >= 15 is 0 Å². The van der Waals surface area contributed by atoms with E-state index in [1.54, 1.807) is 11.6 Å². The van der Waals surface area contributed by atoms with Gasteiger partial charge in [0.2, 0.25) is 0 Å². The van der Waals surface area contributed by atoms with Crippen LogP contribution in [0.2, 0.25) is 0 Å². The fourth-order valence-electron chi connectivity index (χ4n) is 3.61. The summed E-state index contributed by atoms with van der Waals surface area (Å²) in [6, 6.07) is 9.99. The van der Waals surface area contributed by atoms with Crippen molar-refractivity contribution >= 4 is 38.5 Å². The summed E-state index contributed by atoms with van der Waals surface area (Å²) in [4.78, 5) is 27.0. The van der Waals surface area contributed by atoms with Gasteiger partial charge in [0.05, 0.1) is 32.8 Å². The van der Waals surface area contributed by atoms with Gasteiger partial charge >= 0.3 is 0 Å². The fraction of sp³-hybridized carbons (Fsp3) is 0.211. The van der Waals surface area contributed by atoms with Gasteiger partial charge in [-0.2, -0.15) is 0 Å². The summed E-state index contributed by atoms with van der Waals surface area (Å²) < 4.78 is 14.4. The summed E-state index contributed by atoms with van der Waals surface area (Å²) in [5.41, 5.74) is 4.72. The molecular weight excluding hydrogens is 351 g/mol. The number of amides is 1. The number of hydrogen-bond donors (Lipinski definition) is 1. The maximum atomic E-state index is 13.4. The van der Waals surface area contributed by atoms with Gasteiger partial charge in [-0.3, -0.25) is 4.79 Å². The van der Waals surface area contributed by atoms with Gasteiger partial charge in [-0.25, -0.2) is 14.4 Å². The normalized spacial score (nSPS) is 17.4. The third-order valence-electron chi connectivity index (χ3n) is 4.87. The third-order valence-corrected chi connectivity index (χ3v) is 5.66. The Morgan fingerprint density at radius 2 is 2.12 bits per heavy atom. The van der Waals surface area contributed by atoms with Crippen LogP contribution in [0.4, 0.5) is 4.39 Å². The lowest BCUT2D eigenvalue weighted by Crippen LogP contribution is -2.31. The van der Waals surface area contributed by atoms with Crippen LogP contribution in [0.3, 0.4) is 0 Å². The largest absolute Gasteiger partial charge is 0.340 e. The minimum Gasteiger partial charge on any atom is -0.340 e. The molecule has 1 saturated heterocycles. The van der Waals surface area contributed by atoms with Gasteiger partial charge < -0.3 is 9.88 Å². The molecule has 7 heteroatoms. The topological polar surface area (TPSA) is 61.9 Å². The number of carbonyl (C=O) groups is 1. The Hall–Kier alpha value is -2.80. The molecule has 0 saturated carbocycles. The highest BCUT2D eigenvalue weighted by molar-refractivity contribution is 7.16. The highest BCUT2D eigenvalue weighted by Gasteiger charge is 2.32.